The van der Waals surface area contributed by atoms with E-state index >= 15 is 0 Å². The number of rotatable bonds is 0. The lowest BCUT2D eigenvalue weighted by Crippen LogP contribution is -2.48. The van der Waals surface area contributed by atoms with Gasteiger partial charge in [-0.2, -0.15) is 0 Å². The van der Waals surface area contributed by atoms with Crippen LogP contribution in [0.2, 0.25) is 0 Å². The summed E-state index contributed by atoms with van der Waals surface area (Å²) >= 11 is 0. The average Bonchev–Trinajstić information content (AvgIpc) is 2.05. The standard InChI is InChI=1S/C11H13N/c1-2-4-10-8(3-1)5-6-9-7-12-11(9)10/h1-4,9,11-12H,5-7H2. The summed E-state index contributed by atoms with van der Waals surface area (Å²) in [5.74, 6) is 0.930. The van der Waals surface area contributed by atoms with Gasteiger partial charge in [0.15, 0.2) is 0 Å². The lowest BCUT2D eigenvalue weighted by molar-refractivity contribution is 0.207. The zero-order valence-corrected chi connectivity index (χ0v) is 7.09. The minimum atomic E-state index is 0.690. The van der Waals surface area contributed by atoms with Gasteiger partial charge in [-0.25, -0.2) is 0 Å². The highest BCUT2D eigenvalue weighted by atomic mass is 15.0. The predicted octanol–water partition coefficient (Wildman–Crippen LogP) is 1.89. The fourth-order valence-corrected chi connectivity index (χ4v) is 2.44. The minimum absolute atomic E-state index is 0.690. The highest BCUT2D eigenvalue weighted by Crippen LogP contribution is 2.38. The van der Waals surface area contributed by atoms with Gasteiger partial charge in [0, 0.05) is 12.6 Å². The Morgan fingerprint density at radius 2 is 2.17 bits per heavy atom. The van der Waals surface area contributed by atoms with E-state index in [1.165, 1.54) is 19.4 Å². The van der Waals surface area contributed by atoms with E-state index in [9.17, 15) is 0 Å². The van der Waals surface area contributed by atoms with Crippen molar-refractivity contribution in [2.45, 2.75) is 18.9 Å². The van der Waals surface area contributed by atoms with Gasteiger partial charge in [0.25, 0.3) is 0 Å². The first-order valence-electron chi connectivity index (χ1n) is 4.76. The monoisotopic (exact) mass is 159 g/mol. The molecule has 1 aromatic carbocycles. The molecule has 1 N–H and O–H groups in total. The molecule has 2 atom stereocenters. The van der Waals surface area contributed by atoms with Crippen molar-refractivity contribution in [3.8, 4) is 0 Å². The Bertz CT molecular complexity index is 306. The number of fused-ring (bicyclic) bond motifs is 3. The first-order chi connectivity index (χ1) is 5.95. The number of benzene rings is 1. The summed E-state index contributed by atoms with van der Waals surface area (Å²) in [5, 5.41) is 3.50. The second-order valence-corrected chi connectivity index (χ2v) is 3.88. The lowest BCUT2D eigenvalue weighted by atomic mass is 9.75. The van der Waals surface area contributed by atoms with Crippen LogP contribution < -0.4 is 5.32 Å². The molecule has 0 aromatic heterocycles. The van der Waals surface area contributed by atoms with Crippen molar-refractivity contribution in [1.29, 1.82) is 0 Å². The Labute approximate surface area is 72.8 Å². The van der Waals surface area contributed by atoms with Gasteiger partial charge in [-0.05, 0) is 29.9 Å². The molecule has 1 fully saturated rings. The quantitative estimate of drug-likeness (QED) is 0.609. The Balaban J connectivity index is 2.07. The molecule has 1 nitrogen and oxygen atoms in total. The predicted molar refractivity (Wildman–Crippen MR) is 49.0 cm³/mol. The Morgan fingerprint density at radius 3 is 3.00 bits per heavy atom. The highest BCUT2D eigenvalue weighted by Gasteiger charge is 2.35. The molecule has 2 unspecified atom stereocenters. The molecule has 1 aliphatic heterocycles. The van der Waals surface area contributed by atoms with E-state index < -0.39 is 0 Å². The maximum absolute atomic E-state index is 3.50. The SMILES string of the molecule is c1ccc2c(c1)CCC1CNC21. The summed E-state index contributed by atoms with van der Waals surface area (Å²) in [5.41, 5.74) is 3.12. The van der Waals surface area contributed by atoms with E-state index in [1.807, 2.05) is 0 Å². The molecule has 2 aliphatic rings. The van der Waals surface area contributed by atoms with Crippen LogP contribution in [0.4, 0.5) is 0 Å². The van der Waals surface area contributed by atoms with Crippen molar-refractivity contribution in [2.24, 2.45) is 5.92 Å². The van der Waals surface area contributed by atoms with Gasteiger partial charge in [-0.15, -0.1) is 0 Å². The van der Waals surface area contributed by atoms with Gasteiger partial charge in [-0.3, -0.25) is 0 Å². The van der Waals surface area contributed by atoms with Gasteiger partial charge in [0.05, 0.1) is 0 Å². The summed E-state index contributed by atoms with van der Waals surface area (Å²) < 4.78 is 0. The molecule has 0 bridgehead atoms. The molecule has 0 radical (unpaired) electrons. The summed E-state index contributed by atoms with van der Waals surface area (Å²) in [6, 6.07) is 9.54. The van der Waals surface area contributed by atoms with Gasteiger partial charge < -0.3 is 5.32 Å². The first kappa shape index (κ1) is 6.67. The number of hydrogen-bond acceptors (Lipinski definition) is 1. The molecular formula is C11H13N. The van der Waals surface area contributed by atoms with Crippen LogP contribution in [0.15, 0.2) is 24.3 Å². The van der Waals surface area contributed by atoms with Crippen LogP contribution >= 0.6 is 0 Å². The van der Waals surface area contributed by atoms with Gasteiger partial charge >= 0.3 is 0 Å². The van der Waals surface area contributed by atoms with Crippen LogP contribution in [0.3, 0.4) is 0 Å². The van der Waals surface area contributed by atoms with Crippen LogP contribution in [0.1, 0.15) is 23.6 Å². The molecule has 1 aromatic rings. The number of hydrogen-bond donors (Lipinski definition) is 1. The third-order valence-electron chi connectivity index (χ3n) is 3.25. The first-order valence-corrected chi connectivity index (χ1v) is 4.76. The van der Waals surface area contributed by atoms with Crippen molar-refractivity contribution in [2.75, 3.05) is 6.54 Å². The van der Waals surface area contributed by atoms with Crippen molar-refractivity contribution < 1.29 is 0 Å². The Morgan fingerprint density at radius 1 is 1.25 bits per heavy atom. The van der Waals surface area contributed by atoms with Crippen LogP contribution in [0, 0.1) is 5.92 Å². The van der Waals surface area contributed by atoms with Crippen LogP contribution in [0.25, 0.3) is 0 Å². The maximum atomic E-state index is 3.50. The van der Waals surface area contributed by atoms with E-state index in [0.717, 1.165) is 5.92 Å². The summed E-state index contributed by atoms with van der Waals surface area (Å²) in [7, 11) is 0. The molecule has 1 heteroatoms. The zero-order chi connectivity index (χ0) is 7.97. The molecule has 1 heterocycles. The van der Waals surface area contributed by atoms with E-state index in [0.29, 0.717) is 6.04 Å². The molecule has 1 aliphatic carbocycles. The fourth-order valence-electron chi connectivity index (χ4n) is 2.44. The van der Waals surface area contributed by atoms with E-state index in [2.05, 4.69) is 29.6 Å². The van der Waals surface area contributed by atoms with Crippen molar-refractivity contribution in [1.82, 2.24) is 5.32 Å². The second kappa shape index (κ2) is 2.33. The highest BCUT2D eigenvalue weighted by molar-refractivity contribution is 5.34. The summed E-state index contributed by atoms with van der Waals surface area (Å²) in [6.07, 6.45) is 2.67. The third-order valence-corrected chi connectivity index (χ3v) is 3.25. The van der Waals surface area contributed by atoms with Gasteiger partial charge in [-0.1, -0.05) is 24.3 Å². The molecule has 0 saturated carbocycles. The largest absolute Gasteiger partial charge is 0.309 e. The number of aryl methyl sites for hydroxylation is 1. The van der Waals surface area contributed by atoms with Crippen molar-refractivity contribution >= 4 is 0 Å². The van der Waals surface area contributed by atoms with Crippen LogP contribution in [-0.4, -0.2) is 6.54 Å². The molecule has 12 heavy (non-hydrogen) atoms. The van der Waals surface area contributed by atoms with Gasteiger partial charge in [0.1, 0.15) is 0 Å². The van der Waals surface area contributed by atoms with Crippen molar-refractivity contribution in [3.63, 3.8) is 0 Å². The number of nitrogens with one attached hydrogen (secondary N) is 1. The summed E-state index contributed by atoms with van der Waals surface area (Å²) in [4.78, 5) is 0. The molecule has 1 saturated heterocycles. The minimum Gasteiger partial charge on any atom is -0.309 e. The molecule has 62 valence electrons. The average molecular weight is 159 g/mol. The molecule has 3 rings (SSSR count). The Kier molecular flexibility index (Phi) is 1.30. The molecule has 0 spiro atoms. The van der Waals surface area contributed by atoms with Crippen LogP contribution in [-0.2, 0) is 6.42 Å². The van der Waals surface area contributed by atoms with Crippen LogP contribution in [0.5, 0.6) is 0 Å². The van der Waals surface area contributed by atoms with Crippen molar-refractivity contribution in [3.05, 3.63) is 35.4 Å². The van der Waals surface area contributed by atoms with Gasteiger partial charge in [0.2, 0.25) is 0 Å². The topological polar surface area (TPSA) is 12.0 Å². The van der Waals surface area contributed by atoms with E-state index in [4.69, 9.17) is 0 Å². The maximum Gasteiger partial charge on any atom is 0.0363 e. The molecular weight excluding hydrogens is 146 g/mol. The second-order valence-electron chi connectivity index (χ2n) is 3.88. The normalized spacial score (nSPS) is 31.7. The van der Waals surface area contributed by atoms with E-state index in [-0.39, 0.29) is 0 Å². The smallest absolute Gasteiger partial charge is 0.0363 e. The lowest BCUT2D eigenvalue weighted by Gasteiger charge is -2.43. The third kappa shape index (κ3) is 0.774. The molecule has 0 amide bonds. The Hall–Kier alpha value is -0.820. The summed E-state index contributed by atoms with van der Waals surface area (Å²) in [6.45, 7) is 1.24. The van der Waals surface area contributed by atoms with E-state index in [1.54, 1.807) is 11.1 Å². The fraction of sp³-hybridized carbons (Fsp3) is 0.455. The zero-order valence-electron chi connectivity index (χ0n) is 7.09.